The van der Waals surface area contributed by atoms with Gasteiger partial charge in [0.05, 0.1) is 6.04 Å². The van der Waals surface area contributed by atoms with Gasteiger partial charge < -0.3 is 15.7 Å². The molecule has 3 N–H and O–H groups in total. The SMILES string of the molecule is CCc1cnc(C(C)NC(=O)NC(CCSC)C(=O)O)s1. The zero-order valence-electron chi connectivity index (χ0n) is 12.4. The van der Waals surface area contributed by atoms with Gasteiger partial charge in [-0.3, -0.25) is 0 Å². The summed E-state index contributed by atoms with van der Waals surface area (Å²) in [6, 6.07) is -1.60. The lowest BCUT2D eigenvalue weighted by Crippen LogP contribution is -2.46. The number of nitrogens with one attached hydrogen (secondary N) is 2. The summed E-state index contributed by atoms with van der Waals surface area (Å²) in [5.41, 5.74) is 0. The normalized spacial score (nSPS) is 13.5. The molecule has 0 radical (unpaired) electrons. The Hall–Kier alpha value is -1.28. The quantitative estimate of drug-likeness (QED) is 0.680. The molecule has 118 valence electrons. The van der Waals surface area contributed by atoms with E-state index in [0.717, 1.165) is 16.3 Å². The van der Waals surface area contributed by atoms with Gasteiger partial charge in [-0.2, -0.15) is 11.8 Å². The molecule has 2 unspecified atom stereocenters. The Balaban J connectivity index is 2.52. The van der Waals surface area contributed by atoms with E-state index in [1.807, 2.05) is 20.1 Å². The Labute approximate surface area is 132 Å². The van der Waals surface area contributed by atoms with Gasteiger partial charge in [0.25, 0.3) is 0 Å². The number of urea groups is 1. The van der Waals surface area contributed by atoms with Gasteiger partial charge >= 0.3 is 12.0 Å². The minimum Gasteiger partial charge on any atom is -0.480 e. The summed E-state index contributed by atoms with van der Waals surface area (Å²) in [6.45, 7) is 3.88. The van der Waals surface area contributed by atoms with E-state index in [9.17, 15) is 9.59 Å². The summed E-state index contributed by atoms with van der Waals surface area (Å²) in [7, 11) is 0. The second-order valence-corrected chi connectivity index (χ2v) is 6.66. The molecule has 1 rings (SSSR count). The predicted molar refractivity (Wildman–Crippen MR) is 86.0 cm³/mol. The van der Waals surface area contributed by atoms with Crippen molar-refractivity contribution in [3.63, 3.8) is 0 Å². The highest BCUT2D eigenvalue weighted by Gasteiger charge is 2.21. The maximum Gasteiger partial charge on any atom is 0.326 e. The molecule has 6 nitrogen and oxygen atoms in total. The minimum atomic E-state index is -1.02. The molecule has 0 saturated carbocycles. The maximum atomic E-state index is 11.9. The molecule has 2 atom stereocenters. The number of carboxylic acids is 1. The topological polar surface area (TPSA) is 91.3 Å². The van der Waals surface area contributed by atoms with Crippen LogP contribution in [0.2, 0.25) is 0 Å². The Bertz CT molecular complexity index is 479. The largest absolute Gasteiger partial charge is 0.480 e. The van der Waals surface area contributed by atoms with E-state index in [4.69, 9.17) is 5.11 Å². The van der Waals surface area contributed by atoms with Crippen molar-refractivity contribution in [2.45, 2.75) is 38.8 Å². The molecule has 8 heteroatoms. The zero-order chi connectivity index (χ0) is 15.8. The van der Waals surface area contributed by atoms with Crippen molar-refractivity contribution in [1.82, 2.24) is 15.6 Å². The summed E-state index contributed by atoms with van der Waals surface area (Å²) in [5.74, 6) is -0.339. The first-order valence-electron chi connectivity index (χ1n) is 6.71. The Morgan fingerprint density at radius 1 is 1.48 bits per heavy atom. The van der Waals surface area contributed by atoms with Gasteiger partial charge in [0.15, 0.2) is 0 Å². The Morgan fingerprint density at radius 2 is 2.19 bits per heavy atom. The van der Waals surface area contributed by atoms with Crippen molar-refractivity contribution in [1.29, 1.82) is 0 Å². The number of hydrogen-bond donors (Lipinski definition) is 3. The number of thioether (sulfide) groups is 1. The molecule has 2 amide bonds. The lowest BCUT2D eigenvalue weighted by atomic mass is 10.2. The van der Waals surface area contributed by atoms with Crippen LogP contribution in [0.1, 0.15) is 36.2 Å². The average Bonchev–Trinajstić information content (AvgIpc) is 2.92. The molecule has 0 aromatic carbocycles. The third kappa shape index (κ3) is 5.92. The third-order valence-electron chi connectivity index (χ3n) is 2.85. The number of carbonyl (C=O) groups excluding carboxylic acids is 1. The van der Waals surface area contributed by atoms with Crippen LogP contribution in [0.3, 0.4) is 0 Å². The van der Waals surface area contributed by atoms with Crippen LogP contribution in [-0.2, 0) is 11.2 Å². The van der Waals surface area contributed by atoms with Gasteiger partial charge in [0.2, 0.25) is 0 Å². The van der Waals surface area contributed by atoms with E-state index in [2.05, 4.69) is 15.6 Å². The number of aromatic nitrogens is 1. The second kappa shape index (κ2) is 8.89. The number of amides is 2. The lowest BCUT2D eigenvalue weighted by molar-refractivity contribution is -0.139. The molecule has 0 aliphatic rings. The molecule has 0 bridgehead atoms. The number of carbonyl (C=O) groups is 2. The summed E-state index contributed by atoms with van der Waals surface area (Å²) in [4.78, 5) is 28.4. The summed E-state index contributed by atoms with van der Waals surface area (Å²) in [5, 5.41) is 15.1. The first kappa shape index (κ1) is 17.8. The minimum absolute atomic E-state index is 0.245. The second-order valence-electron chi connectivity index (χ2n) is 4.53. The fraction of sp³-hybridized carbons (Fsp3) is 0.615. The van der Waals surface area contributed by atoms with E-state index >= 15 is 0 Å². The molecule has 0 fully saturated rings. The first-order chi connectivity index (χ1) is 9.97. The van der Waals surface area contributed by atoms with Crippen molar-refractivity contribution in [3.05, 3.63) is 16.1 Å². The molecule has 0 saturated heterocycles. The molecule has 0 aliphatic carbocycles. The van der Waals surface area contributed by atoms with Crippen molar-refractivity contribution < 1.29 is 14.7 Å². The lowest BCUT2D eigenvalue weighted by Gasteiger charge is -2.17. The molecule has 1 aromatic heterocycles. The first-order valence-corrected chi connectivity index (χ1v) is 8.92. The van der Waals surface area contributed by atoms with E-state index in [0.29, 0.717) is 12.2 Å². The zero-order valence-corrected chi connectivity index (χ0v) is 14.0. The molecule has 0 aliphatic heterocycles. The Morgan fingerprint density at radius 3 is 2.71 bits per heavy atom. The Kier molecular flexibility index (Phi) is 7.52. The average molecular weight is 331 g/mol. The highest BCUT2D eigenvalue weighted by molar-refractivity contribution is 7.98. The van der Waals surface area contributed by atoms with Crippen LogP contribution in [0.5, 0.6) is 0 Å². The number of thiazole rings is 1. The van der Waals surface area contributed by atoms with Crippen molar-refractivity contribution >= 4 is 35.1 Å². The smallest absolute Gasteiger partial charge is 0.326 e. The van der Waals surface area contributed by atoms with Crippen LogP contribution >= 0.6 is 23.1 Å². The van der Waals surface area contributed by atoms with Gasteiger partial charge in [0, 0.05) is 11.1 Å². The highest BCUT2D eigenvalue weighted by atomic mass is 32.2. The molecule has 1 heterocycles. The predicted octanol–water partition coefficient (Wildman–Crippen LogP) is 2.27. The summed E-state index contributed by atoms with van der Waals surface area (Å²) >= 11 is 3.10. The summed E-state index contributed by atoms with van der Waals surface area (Å²) in [6.07, 6.45) is 5.01. The van der Waals surface area contributed by atoms with Crippen LogP contribution in [0.25, 0.3) is 0 Å². The van der Waals surface area contributed by atoms with Crippen LogP contribution in [0.15, 0.2) is 6.20 Å². The van der Waals surface area contributed by atoms with Gasteiger partial charge in [-0.15, -0.1) is 11.3 Å². The van der Waals surface area contributed by atoms with E-state index in [-0.39, 0.29) is 6.04 Å². The van der Waals surface area contributed by atoms with E-state index in [1.165, 1.54) is 0 Å². The molecule has 21 heavy (non-hydrogen) atoms. The maximum absolute atomic E-state index is 11.9. The van der Waals surface area contributed by atoms with Crippen LogP contribution in [-0.4, -0.2) is 40.1 Å². The molecule has 1 aromatic rings. The van der Waals surface area contributed by atoms with Crippen LogP contribution in [0, 0.1) is 0 Å². The molecular weight excluding hydrogens is 310 g/mol. The van der Waals surface area contributed by atoms with E-state index < -0.39 is 18.0 Å². The monoisotopic (exact) mass is 331 g/mol. The number of nitrogens with zero attached hydrogens (tertiary/aromatic N) is 1. The number of carboxylic acid groups (broad SMARTS) is 1. The van der Waals surface area contributed by atoms with Crippen molar-refractivity contribution in [2.24, 2.45) is 0 Å². The van der Waals surface area contributed by atoms with Gasteiger partial charge in [-0.25, -0.2) is 14.6 Å². The number of hydrogen-bond acceptors (Lipinski definition) is 5. The molecule has 0 spiro atoms. The van der Waals surface area contributed by atoms with Gasteiger partial charge in [0.1, 0.15) is 11.0 Å². The van der Waals surface area contributed by atoms with Gasteiger partial charge in [-0.1, -0.05) is 6.92 Å². The number of rotatable bonds is 8. The van der Waals surface area contributed by atoms with E-state index in [1.54, 1.807) is 29.3 Å². The number of aryl methyl sites for hydroxylation is 1. The highest BCUT2D eigenvalue weighted by Crippen LogP contribution is 2.20. The fourth-order valence-corrected chi connectivity index (χ4v) is 2.97. The fourth-order valence-electron chi connectivity index (χ4n) is 1.64. The van der Waals surface area contributed by atoms with Crippen LogP contribution < -0.4 is 10.6 Å². The van der Waals surface area contributed by atoms with Crippen molar-refractivity contribution in [3.8, 4) is 0 Å². The molecular formula is C13H21N3O3S2. The standard InChI is InChI=1S/C13H21N3O3S2/c1-4-9-7-14-11(21-9)8(2)15-13(19)16-10(12(17)18)5-6-20-3/h7-8,10H,4-6H2,1-3H3,(H,17,18)(H2,15,16,19). The summed E-state index contributed by atoms with van der Waals surface area (Å²) < 4.78 is 0. The third-order valence-corrected chi connectivity index (χ3v) is 4.82. The van der Waals surface area contributed by atoms with Crippen LogP contribution in [0.4, 0.5) is 4.79 Å². The van der Waals surface area contributed by atoms with Gasteiger partial charge in [-0.05, 0) is 31.8 Å². The van der Waals surface area contributed by atoms with Crippen molar-refractivity contribution in [2.75, 3.05) is 12.0 Å². The number of aliphatic carboxylic acids is 1.